The number of ether oxygens (including phenoxy) is 1. The molecule has 0 radical (unpaired) electrons. The first-order valence-electron chi connectivity index (χ1n) is 7.12. The van der Waals surface area contributed by atoms with Crippen LogP contribution in [0.2, 0.25) is 5.15 Å². The van der Waals surface area contributed by atoms with Gasteiger partial charge in [0.15, 0.2) is 5.82 Å². The number of nitrogens with one attached hydrogen (secondary N) is 2. The second kappa shape index (κ2) is 6.60. The number of rotatable bonds is 4. The standard InChI is InChI=1S/C17H14ClN5O/c1-10-7-15(23-22-10)20-14-9-13(16(19-2)17(18)21-14)11-5-4-6-12(8-11)24-3/h4-9H,1,3H3,(H2,20,21,22,23). The van der Waals surface area contributed by atoms with Crippen molar-refractivity contribution in [2.45, 2.75) is 6.92 Å². The van der Waals surface area contributed by atoms with Crippen molar-refractivity contribution in [2.75, 3.05) is 12.4 Å². The van der Waals surface area contributed by atoms with E-state index in [-0.39, 0.29) is 5.15 Å². The van der Waals surface area contributed by atoms with Crippen molar-refractivity contribution >= 4 is 28.9 Å². The summed E-state index contributed by atoms with van der Waals surface area (Å²) in [5, 5.41) is 10.2. The molecule has 6 nitrogen and oxygen atoms in total. The summed E-state index contributed by atoms with van der Waals surface area (Å²) in [6.45, 7) is 9.30. The lowest BCUT2D eigenvalue weighted by molar-refractivity contribution is 0.415. The van der Waals surface area contributed by atoms with Gasteiger partial charge in [-0.1, -0.05) is 23.7 Å². The Labute approximate surface area is 144 Å². The molecule has 0 saturated heterocycles. The summed E-state index contributed by atoms with van der Waals surface area (Å²) in [5.41, 5.74) is 2.73. The van der Waals surface area contributed by atoms with E-state index in [4.69, 9.17) is 22.9 Å². The largest absolute Gasteiger partial charge is 0.497 e. The molecule has 3 aromatic rings. The number of benzene rings is 1. The van der Waals surface area contributed by atoms with Crippen LogP contribution in [0.1, 0.15) is 5.69 Å². The average molecular weight is 340 g/mol. The van der Waals surface area contributed by atoms with E-state index in [2.05, 4.69) is 25.3 Å². The van der Waals surface area contributed by atoms with Gasteiger partial charge in [-0.25, -0.2) is 9.83 Å². The summed E-state index contributed by atoms with van der Waals surface area (Å²) in [5.74, 6) is 1.84. The van der Waals surface area contributed by atoms with Crippen LogP contribution < -0.4 is 10.1 Å². The van der Waals surface area contributed by atoms with E-state index in [1.165, 1.54) is 0 Å². The summed E-state index contributed by atoms with van der Waals surface area (Å²) in [4.78, 5) is 7.75. The van der Waals surface area contributed by atoms with E-state index in [9.17, 15) is 0 Å². The first-order valence-corrected chi connectivity index (χ1v) is 7.50. The number of H-pyrrole nitrogens is 1. The Morgan fingerprint density at radius 2 is 2.08 bits per heavy atom. The molecule has 0 aliphatic rings. The molecule has 3 rings (SSSR count). The van der Waals surface area contributed by atoms with E-state index in [0.717, 1.165) is 11.3 Å². The summed E-state index contributed by atoms with van der Waals surface area (Å²) in [7, 11) is 1.60. The Morgan fingerprint density at radius 1 is 1.25 bits per heavy atom. The molecule has 120 valence electrons. The number of aromatic nitrogens is 3. The zero-order valence-corrected chi connectivity index (χ0v) is 13.8. The quantitative estimate of drug-likeness (QED) is 0.532. The van der Waals surface area contributed by atoms with Crippen molar-refractivity contribution in [1.29, 1.82) is 0 Å². The minimum absolute atomic E-state index is 0.139. The SMILES string of the molecule is [C-]#[N+]c1c(-c2cccc(OC)c2)cc(Nc2cc(C)[nH]n2)nc1Cl. The fraction of sp³-hybridized carbons (Fsp3) is 0.118. The third-order valence-electron chi connectivity index (χ3n) is 3.40. The van der Waals surface area contributed by atoms with Gasteiger partial charge < -0.3 is 10.1 Å². The van der Waals surface area contributed by atoms with Crippen LogP contribution in [0.4, 0.5) is 17.3 Å². The van der Waals surface area contributed by atoms with E-state index in [1.807, 2.05) is 37.3 Å². The fourth-order valence-electron chi connectivity index (χ4n) is 2.30. The molecular weight excluding hydrogens is 326 g/mol. The molecule has 0 bridgehead atoms. The average Bonchev–Trinajstić information content (AvgIpc) is 2.99. The van der Waals surface area contributed by atoms with Crippen molar-refractivity contribution in [3.8, 4) is 16.9 Å². The molecule has 2 aromatic heterocycles. The maximum Gasteiger partial charge on any atom is 0.231 e. The second-order valence-corrected chi connectivity index (χ2v) is 5.46. The van der Waals surface area contributed by atoms with E-state index < -0.39 is 0 Å². The molecule has 2 heterocycles. The Morgan fingerprint density at radius 3 is 2.75 bits per heavy atom. The highest BCUT2D eigenvalue weighted by Gasteiger charge is 2.14. The Hall–Kier alpha value is -3.04. The van der Waals surface area contributed by atoms with Crippen LogP contribution in [-0.4, -0.2) is 22.3 Å². The number of hydrogen-bond donors (Lipinski definition) is 2. The lowest BCUT2D eigenvalue weighted by Gasteiger charge is -2.11. The van der Waals surface area contributed by atoms with Crippen molar-refractivity contribution in [1.82, 2.24) is 15.2 Å². The molecule has 0 aliphatic heterocycles. The summed E-state index contributed by atoms with van der Waals surface area (Å²) in [6.07, 6.45) is 0. The normalized spacial score (nSPS) is 10.2. The van der Waals surface area contributed by atoms with Crippen molar-refractivity contribution < 1.29 is 4.74 Å². The van der Waals surface area contributed by atoms with E-state index >= 15 is 0 Å². The molecule has 0 saturated carbocycles. The number of halogens is 1. The van der Waals surface area contributed by atoms with Gasteiger partial charge in [0.2, 0.25) is 5.69 Å². The number of nitrogens with zero attached hydrogens (tertiary/aromatic N) is 3. The van der Waals surface area contributed by atoms with Gasteiger partial charge in [-0.05, 0) is 36.2 Å². The van der Waals surface area contributed by atoms with Gasteiger partial charge in [0.1, 0.15) is 16.7 Å². The second-order valence-electron chi connectivity index (χ2n) is 5.10. The summed E-state index contributed by atoms with van der Waals surface area (Å²) >= 11 is 6.21. The van der Waals surface area contributed by atoms with Crippen LogP contribution in [0.15, 0.2) is 36.4 Å². The first kappa shape index (κ1) is 15.8. The zero-order chi connectivity index (χ0) is 17.1. The number of pyridine rings is 1. The highest BCUT2D eigenvalue weighted by Crippen LogP contribution is 2.38. The number of aryl methyl sites for hydroxylation is 1. The fourth-order valence-corrected chi connectivity index (χ4v) is 2.54. The van der Waals surface area contributed by atoms with Gasteiger partial charge in [0.05, 0.1) is 13.7 Å². The van der Waals surface area contributed by atoms with Gasteiger partial charge in [-0.15, -0.1) is 0 Å². The zero-order valence-electron chi connectivity index (χ0n) is 13.1. The molecule has 0 aliphatic carbocycles. The predicted octanol–water partition coefficient (Wildman–Crippen LogP) is 4.74. The maximum absolute atomic E-state index is 7.40. The highest BCUT2D eigenvalue weighted by molar-refractivity contribution is 6.33. The Balaban J connectivity index is 2.08. The van der Waals surface area contributed by atoms with Crippen LogP contribution in [0, 0.1) is 13.5 Å². The van der Waals surface area contributed by atoms with Crippen LogP contribution >= 0.6 is 11.6 Å². The Bertz CT molecular complexity index is 929. The van der Waals surface area contributed by atoms with Gasteiger partial charge in [-0.3, -0.25) is 5.10 Å². The number of aromatic amines is 1. The minimum Gasteiger partial charge on any atom is -0.497 e. The molecule has 0 fully saturated rings. The third-order valence-corrected chi connectivity index (χ3v) is 3.67. The van der Waals surface area contributed by atoms with Crippen molar-refractivity contribution in [3.05, 3.63) is 58.7 Å². The monoisotopic (exact) mass is 339 g/mol. The molecule has 0 unspecified atom stereocenters. The van der Waals surface area contributed by atoms with Gasteiger partial charge in [0, 0.05) is 11.8 Å². The van der Waals surface area contributed by atoms with Crippen molar-refractivity contribution in [3.63, 3.8) is 0 Å². The molecule has 0 spiro atoms. The van der Waals surface area contributed by atoms with Crippen LogP contribution in [0.3, 0.4) is 0 Å². The van der Waals surface area contributed by atoms with Gasteiger partial charge in [-0.2, -0.15) is 5.10 Å². The first-order chi connectivity index (χ1) is 11.6. The van der Waals surface area contributed by atoms with Gasteiger partial charge >= 0.3 is 0 Å². The van der Waals surface area contributed by atoms with E-state index in [1.54, 1.807) is 13.2 Å². The maximum atomic E-state index is 7.40. The Kier molecular flexibility index (Phi) is 4.36. The predicted molar refractivity (Wildman–Crippen MR) is 94.1 cm³/mol. The number of hydrogen-bond acceptors (Lipinski definition) is 4. The minimum atomic E-state index is 0.139. The van der Waals surface area contributed by atoms with Crippen LogP contribution in [0.5, 0.6) is 5.75 Å². The molecule has 1 aromatic carbocycles. The molecule has 0 atom stereocenters. The van der Waals surface area contributed by atoms with Crippen LogP contribution in [-0.2, 0) is 0 Å². The van der Waals surface area contributed by atoms with Gasteiger partial charge in [0.25, 0.3) is 0 Å². The highest BCUT2D eigenvalue weighted by atomic mass is 35.5. The summed E-state index contributed by atoms with van der Waals surface area (Å²) < 4.78 is 5.25. The number of methoxy groups -OCH3 is 1. The smallest absolute Gasteiger partial charge is 0.231 e. The topological polar surface area (TPSA) is 67.2 Å². The molecule has 24 heavy (non-hydrogen) atoms. The third kappa shape index (κ3) is 3.16. The lowest BCUT2D eigenvalue weighted by Crippen LogP contribution is -1.95. The van der Waals surface area contributed by atoms with Crippen molar-refractivity contribution in [2.24, 2.45) is 0 Å². The van der Waals surface area contributed by atoms with E-state index in [0.29, 0.717) is 28.6 Å². The molecule has 7 heteroatoms. The molecule has 0 amide bonds. The molecule has 2 N–H and O–H groups in total. The number of anilines is 2. The van der Waals surface area contributed by atoms with Crippen LogP contribution in [0.25, 0.3) is 16.0 Å². The lowest BCUT2D eigenvalue weighted by atomic mass is 10.0. The summed E-state index contributed by atoms with van der Waals surface area (Å²) in [6, 6.07) is 11.1. The molecular formula is C17H14ClN5O.